The molecule has 0 amide bonds. The van der Waals surface area contributed by atoms with Crippen LogP contribution in [-0.2, 0) is 0 Å². The molecule has 1 aliphatic heterocycles. The van der Waals surface area contributed by atoms with Crippen LogP contribution in [0, 0.1) is 5.92 Å². The van der Waals surface area contributed by atoms with Gasteiger partial charge in [0.15, 0.2) is 0 Å². The molecular weight excluding hydrogens is 288 g/mol. The Balaban J connectivity index is 2.12. The number of nitrogens with zero attached hydrogens (tertiary/aromatic N) is 2. The van der Waals surface area contributed by atoms with Gasteiger partial charge in [0.25, 0.3) is 0 Å². The second-order valence-electron chi connectivity index (χ2n) is 6.91. The molecule has 1 saturated heterocycles. The summed E-state index contributed by atoms with van der Waals surface area (Å²) < 4.78 is 5.77. The van der Waals surface area contributed by atoms with E-state index >= 15 is 0 Å². The molecule has 130 valence electrons. The fraction of sp³-hybridized carbons (Fsp3) is 0.684. The molecule has 0 radical (unpaired) electrons. The summed E-state index contributed by atoms with van der Waals surface area (Å²) in [6, 6.07) is 8.54. The average Bonchev–Trinajstić information content (AvgIpc) is 2.51. The molecule has 2 atom stereocenters. The van der Waals surface area contributed by atoms with Crippen LogP contribution in [0.2, 0.25) is 0 Å². The third-order valence-electron chi connectivity index (χ3n) is 4.54. The third kappa shape index (κ3) is 4.69. The van der Waals surface area contributed by atoms with Gasteiger partial charge in [-0.05, 0) is 25.8 Å². The maximum absolute atomic E-state index is 10.0. The molecule has 0 saturated carbocycles. The van der Waals surface area contributed by atoms with Gasteiger partial charge in [0.05, 0.1) is 19.3 Å². The predicted molar refractivity (Wildman–Crippen MR) is 94.9 cm³/mol. The zero-order valence-corrected chi connectivity index (χ0v) is 15.0. The van der Waals surface area contributed by atoms with E-state index in [0.29, 0.717) is 18.6 Å². The summed E-state index contributed by atoms with van der Waals surface area (Å²) in [4.78, 5) is 4.96. The summed E-state index contributed by atoms with van der Waals surface area (Å²) in [6.07, 6.45) is 0. The zero-order valence-electron chi connectivity index (χ0n) is 15.0. The SMILES string of the molecule is CCOc1ccccc1C(CO)N1CCN(CC(C)C)CC1C. The van der Waals surface area contributed by atoms with E-state index in [0.717, 1.165) is 37.5 Å². The van der Waals surface area contributed by atoms with Crippen LogP contribution in [0.5, 0.6) is 5.75 Å². The van der Waals surface area contributed by atoms with E-state index in [2.05, 4.69) is 36.6 Å². The molecule has 2 unspecified atom stereocenters. The molecule has 1 N–H and O–H groups in total. The second-order valence-corrected chi connectivity index (χ2v) is 6.91. The van der Waals surface area contributed by atoms with Gasteiger partial charge in [-0.25, -0.2) is 0 Å². The number of ether oxygens (including phenoxy) is 1. The number of hydrogen-bond acceptors (Lipinski definition) is 4. The Kier molecular flexibility index (Phi) is 6.88. The molecule has 0 aliphatic carbocycles. The Labute approximate surface area is 141 Å². The quantitative estimate of drug-likeness (QED) is 0.838. The fourth-order valence-corrected chi connectivity index (χ4v) is 3.62. The highest BCUT2D eigenvalue weighted by molar-refractivity contribution is 5.36. The third-order valence-corrected chi connectivity index (χ3v) is 4.54. The second kappa shape index (κ2) is 8.67. The van der Waals surface area contributed by atoms with Crippen LogP contribution in [0.1, 0.15) is 39.3 Å². The molecule has 2 rings (SSSR count). The van der Waals surface area contributed by atoms with Crippen molar-refractivity contribution < 1.29 is 9.84 Å². The van der Waals surface area contributed by atoms with Crippen LogP contribution < -0.4 is 4.74 Å². The van der Waals surface area contributed by atoms with Gasteiger partial charge in [-0.2, -0.15) is 0 Å². The van der Waals surface area contributed by atoms with Crippen molar-refractivity contribution in [1.82, 2.24) is 9.80 Å². The molecule has 0 spiro atoms. The summed E-state index contributed by atoms with van der Waals surface area (Å²) in [7, 11) is 0. The van der Waals surface area contributed by atoms with E-state index in [1.165, 1.54) is 0 Å². The number of benzene rings is 1. The van der Waals surface area contributed by atoms with Gasteiger partial charge in [0.2, 0.25) is 0 Å². The topological polar surface area (TPSA) is 35.9 Å². The standard InChI is InChI=1S/C19H32N2O2/c1-5-23-19-9-7-6-8-17(19)18(14-22)21-11-10-20(12-15(2)3)13-16(21)4/h6-9,15-16,18,22H,5,10-14H2,1-4H3. The van der Waals surface area contributed by atoms with Crippen LogP contribution >= 0.6 is 0 Å². The lowest BCUT2D eigenvalue weighted by Gasteiger charge is -2.44. The van der Waals surface area contributed by atoms with E-state index in [-0.39, 0.29) is 12.6 Å². The molecular formula is C19H32N2O2. The first-order valence-corrected chi connectivity index (χ1v) is 8.87. The van der Waals surface area contributed by atoms with Gasteiger partial charge in [0, 0.05) is 37.8 Å². The number of aliphatic hydroxyl groups is 1. The molecule has 4 heteroatoms. The first-order chi connectivity index (χ1) is 11.1. The minimum absolute atomic E-state index is 0.00829. The molecule has 0 bridgehead atoms. The van der Waals surface area contributed by atoms with Gasteiger partial charge < -0.3 is 14.7 Å². The smallest absolute Gasteiger partial charge is 0.124 e. The van der Waals surface area contributed by atoms with Crippen LogP contribution in [0.15, 0.2) is 24.3 Å². The number of para-hydroxylation sites is 1. The number of aliphatic hydroxyl groups excluding tert-OH is 1. The summed E-state index contributed by atoms with van der Waals surface area (Å²) >= 11 is 0. The van der Waals surface area contributed by atoms with E-state index in [9.17, 15) is 5.11 Å². The molecule has 4 nitrogen and oxygen atoms in total. The largest absolute Gasteiger partial charge is 0.494 e. The molecule has 1 aromatic carbocycles. The van der Waals surface area contributed by atoms with Crippen molar-refractivity contribution in [3.63, 3.8) is 0 Å². The Morgan fingerprint density at radius 2 is 2.00 bits per heavy atom. The van der Waals surface area contributed by atoms with E-state index < -0.39 is 0 Å². The summed E-state index contributed by atoms with van der Waals surface area (Å²) in [6.45, 7) is 13.8. The number of rotatable bonds is 7. The van der Waals surface area contributed by atoms with Crippen LogP contribution in [0.3, 0.4) is 0 Å². The maximum atomic E-state index is 10.0. The van der Waals surface area contributed by atoms with Gasteiger partial charge >= 0.3 is 0 Å². The molecule has 0 aromatic heterocycles. The summed E-state index contributed by atoms with van der Waals surface area (Å²) in [5.41, 5.74) is 1.10. The zero-order chi connectivity index (χ0) is 16.8. The molecule has 1 aromatic rings. The molecule has 1 aliphatic rings. The Hall–Kier alpha value is -1.10. The molecule has 1 fully saturated rings. The monoisotopic (exact) mass is 320 g/mol. The maximum Gasteiger partial charge on any atom is 0.124 e. The van der Waals surface area contributed by atoms with Crippen molar-refractivity contribution in [1.29, 1.82) is 0 Å². The van der Waals surface area contributed by atoms with Gasteiger partial charge in [-0.1, -0.05) is 32.0 Å². The minimum Gasteiger partial charge on any atom is -0.494 e. The van der Waals surface area contributed by atoms with E-state index in [1.807, 2.05) is 25.1 Å². The van der Waals surface area contributed by atoms with Gasteiger partial charge in [-0.15, -0.1) is 0 Å². The predicted octanol–water partition coefficient (Wildman–Crippen LogP) is 2.78. The van der Waals surface area contributed by atoms with Crippen LogP contribution in [-0.4, -0.2) is 60.3 Å². The Bertz CT molecular complexity index is 478. The van der Waals surface area contributed by atoms with Crippen LogP contribution in [0.4, 0.5) is 0 Å². The van der Waals surface area contributed by atoms with Gasteiger partial charge in [0.1, 0.15) is 5.75 Å². The van der Waals surface area contributed by atoms with Crippen molar-refractivity contribution in [3.05, 3.63) is 29.8 Å². The lowest BCUT2D eigenvalue weighted by molar-refractivity contribution is 0.0205. The van der Waals surface area contributed by atoms with Crippen LogP contribution in [0.25, 0.3) is 0 Å². The van der Waals surface area contributed by atoms with Crippen molar-refractivity contribution in [3.8, 4) is 5.75 Å². The van der Waals surface area contributed by atoms with Gasteiger partial charge in [-0.3, -0.25) is 4.90 Å². The van der Waals surface area contributed by atoms with E-state index in [1.54, 1.807) is 0 Å². The first-order valence-electron chi connectivity index (χ1n) is 8.87. The number of hydrogen-bond donors (Lipinski definition) is 1. The van der Waals surface area contributed by atoms with E-state index in [4.69, 9.17) is 4.74 Å². The lowest BCUT2D eigenvalue weighted by Crippen LogP contribution is -2.54. The highest BCUT2D eigenvalue weighted by Gasteiger charge is 2.31. The first kappa shape index (κ1) is 18.2. The number of piperazine rings is 1. The summed E-state index contributed by atoms with van der Waals surface area (Å²) in [5.74, 6) is 1.59. The average molecular weight is 320 g/mol. The fourth-order valence-electron chi connectivity index (χ4n) is 3.62. The highest BCUT2D eigenvalue weighted by atomic mass is 16.5. The normalized spacial score (nSPS) is 21.6. The molecule has 23 heavy (non-hydrogen) atoms. The van der Waals surface area contributed by atoms with Crippen molar-refractivity contribution in [2.75, 3.05) is 39.4 Å². The highest BCUT2D eigenvalue weighted by Crippen LogP contribution is 2.31. The van der Waals surface area contributed by atoms with Crippen molar-refractivity contribution >= 4 is 0 Å². The van der Waals surface area contributed by atoms with Crippen molar-refractivity contribution in [2.45, 2.75) is 39.8 Å². The lowest BCUT2D eigenvalue weighted by atomic mass is 10.0. The summed E-state index contributed by atoms with van der Waals surface area (Å²) in [5, 5.41) is 10.0. The minimum atomic E-state index is 0.00829. The van der Waals surface area contributed by atoms with Crippen molar-refractivity contribution in [2.24, 2.45) is 5.92 Å². The Morgan fingerprint density at radius 1 is 1.26 bits per heavy atom. The Morgan fingerprint density at radius 3 is 2.61 bits per heavy atom. The molecule has 1 heterocycles.